The second kappa shape index (κ2) is 37.7. The van der Waals surface area contributed by atoms with Gasteiger partial charge in [-0.25, -0.2) is 32.6 Å². The Bertz CT molecular complexity index is 1670. The van der Waals surface area contributed by atoms with Crippen LogP contribution >= 0.6 is 46.9 Å². The molecule has 21 N–H and O–H groups in total. The fourth-order valence-electron chi connectivity index (χ4n) is 2.55. The average Bonchev–Trinajstić information content (AvgIpc) is 2.90. The first-order valence-electron chi connectivity index (χ1n) is 14.1. The molecule has 0 saturated carbocycles. The van der Waals surface area contributed by atoms with Gasteiger partial charge < -0.3 is 125 Å². The minimum absolute atomic E-state index is 0. The number of carboxylic acids is 9. The molecule has 0 heterocycles. The van der Waals surface area contributed by atoms with Crippen LogP contribution in [0.1, 0.15) is 38.5 Å². The van der Waals surface area contributed by atoms with Crippen molar-refractivity contribution in [3.8, 4) is 0 Å². The van der Waals surface area contributed by atoms with Crippen LogP contribution in [0.3, 0.4) is 0 Å². The number of hydrogen-bond acceptors (Lipinski definition) is 24. The van der Waals surface area contributed by atoms with E-state index in [1.54, 1.807) is 0 Å². The van der Waals surface area contributed by atoms with Gasteiger partial charge in [-0.15, -0.1) is 0 Å². The Kier molecular flexibility index (Phi) is 48.8. The molecule has 0 aromatic heterocycles. The topological polar surface area (TPSA) is 778 Å². The Balaban J connectivity index is -0.0000000769. The SMILES string of the molecule is O=C(O)CC(O)(CC(=O)O)C(=O)O.O=C(O)CC(O)(CC(=O)O)C(=O)O.O=C(O)CC(O)(CC(=O)O)C(=O)O.O=P(O)(O)OP(=O)(O)O.O=P(O)(O)OP(=O)(O)O.O=P([O-])([O-])OP(=O)([O-])O.[Fe+3].[Fe].[Fe].[Fe]. The van der Waals surface area contributed by atoms with Crippen molar-refractivity contribution in [2.24, 2.45) is 0 Å². The van der Waals surface area contributed by atoms with E-state index in [1.807, 2.05) is 0 Å². The molecular formula is C18H33Fe4O42P6. The van der Waals surface area contributed by atoms with Gasteiger partial charge in [-0.3, -0.25) is 37.6 Å². The molecule has 0 saturated heterocycles. The third-order valence-electron chi connectivity index (χ3n) is 4.48. The van der Waals surface area contributed by atoms with Crippen molar-refractivity contribution < 1.29 is 272 Å². The Hall–Kier alpha value is -2.03. The second-order valence-corrected chi connectivity index (χ2v) is 18.3. The number of aliphatic hydroxyl groups is 3. The van der Waals surface area contributed by atoms with Crippen molar-refractivity contribution in [1.82, 2.24) is 0 Å². The van der Waals surface area contributed by atoms with E-state index in [-0.39, 0.29) is 68.3 Å². The normalized spacial score (nSPS) is 12.0. The summed E-state index contributed by atoms with van der Waals surface area (Å²) >= 11 is 0. The number of rotatable bonds is 21. The van der Waals surface area contributed by atoms with Crippen molar-refractivity contribution in [1.29, 1.82) is 0 Å². The molecule has 0 bridgehead atoms. The third kappa shape index (κ3) is 68.0. The van der Waals surface area contributed by atoms with Gasteiger partial charge in [0, 0.05) is 51.2 Å². The molecule has 0 aliphatic carbocycles. The number of carboxylic acid groups (broad SMARTS) is 9. The van der Waals surface area contributed by atoms with Crippen LogP contribution in [0.25, 0.3) is 0 Å². The zero-order valence-corrected chi connectivity index (χ0v) is 42.1. The summed E-state index contributed by atoms with van der Waals surface area (Å²) in [6.07, 6.45) is -6.87. The summed E-state index contributed by atoms with van der Waals surface area (Å²) in [6, 6.07) is 0. The van der Waals surface area contributed by atoms with Crippen LogP contribution in [0.4, 0.5) is 0 Å². The second-order valence-electron chi connectivity index (χ2n) is 10.6. The summed E-state index contributed by atoms with van der Waals surface area (Å²) in [7, 11) is -31.2. The number of aliphatic carboxylic acids is 9. The predicted molar refractivity (Wildman–Crippen MR) is 180 cm³/mol. The summed E-state index contributed by atoms with van der Waals surface area (Å²) in [4.78, 5) is 189. The molecule has 0 aliphatic rings. The van der Waals surface area contributed by atoms with E-state index in [0.717, 1.165) is 0 Å². The fourth-order valence-corrected chi connectivity index (χ4v) is 5.77. The van der Waals surface area contributed by atoms with Gasteiger partial charge in [0.2, 0.25) is 0 Å². The summed E-state index contributed by atoms with van der Waals surface area (Å²) in [5, 5.41) is 101. The van der Waals surface area contributed by atoms with E-state index < -0.39 is 156 Å². The van der Waals surface area contributed by atoms with Crippen LogP contribution in [0, 0.1) is 0 Å². The molecule has 0 aromatic carbocycles. The maximum atomic E-state index is 10.3. The van der Waals surface area contributed by atoms with Crippen LogP contribution in [0.15, 0.2) is 0 Å². The van der Waals surface area contributed by atoms with E-state index in [4.69, 9.17) is 105 Å². The average molecular weight is 1330 g/mol. The minimum Gasteiger partial charge on any atom is -0.790 e. The summed E-state index contributed by atoms with van der Waals surface area (Å²) in [5.74, 6) is -15.1. The fraction of sp³-hybridized carbons (Fsp3) is 0.500. The first-order chi connectivity index (χ1) is 28.5. The maximum Gasteiger partial charge on any atom is 3.00 e. The standard InChI is InChI=1S/3C6H8O7.4Fe.3H4O7P2/c3*7-3(8)1-6(13,5(11)12)2-4(9)10;;;;;3*1-8(2,3)7-9(4,5)6/h3*13H,1-2H2,(H,7,8)(H,9,10)(H,11,12);;;;;3*(H2,1,2,3)(H2,4,5,6)/q;;;;;;+3;;;/p-3. The Morgan fingerprint density at radius 2 is 0.471 bits per heavy atom. The maximum absolute atomic E-state index is 10.3. The third-order valence-corrected chi connectivity index (χ3v) is 9.51. The molecule has 1 unspecified atom stereocenters. The van der Waals surface area contributed by atoms with Crippen LogP contribution in [0.2, 0.25) is 0 Å². The molecule has 0 spiro atoms. The Morgan fingerprint density at radius 1 is 0.343 bits per heavy atom. The van der Waals surface area contributed by atoms with Crippen molar-refractivity contribution in [2.45, 2.75) is 55.3 Å². The summed E-state index contributed by atoms with van der Waals surface area (Å²) < 4.78 is 65.8. The van der Waals surface area contributed by atoms with Gasteiger partial charge in [0.25, 0.3) is 7.82 Å². The first kappa shape index (κ1) is 90.7. The van der Waals surface area contributed by atoms with Gasteiger partial charge in [0.05, 0.1) is 46.3 Å². The smallest absolute Gasteiger partial charge is 0.790 e. The van der Waals surface area contributed by atoms with E-state index in [0.29, 0.717) is 0 Å². The zero-order chi connectivity index (χ0) is 55.1. The van der Waals surface area contributed by atoms with Gasteiger partial charge in [-0.2, -0.15) is 8.62 Å². The monoisotopic (exact) mass is 1330 g/mol. The van der Waals surface area contributed by atoms with E-state index in [9.17, 15) is 85.2 Å². The molecule has 52 heteroatoms. The van der Waals surface area contributed by atoms with Crippen LogP contribution in [-0.2, 0) is 152 Å². The van der Waals surface area contributed by atoms with Gasteiger partial charge in [-0.05, 0) is 0 Å². The summed E-state index contributed by atoms with van der Waals surface area (Å²) in [5.41, 5.74) is -8.22. The van der Waals surface area contributed by atoms with E-state index in [1.165, 1.54) is 0 Å². The van der Waals surface area contributed by atoms with Crippen LogP contribution in [-0.4, -0.2) is 176 Å². The predicted octanol–water partition coefficient (Wildman–Crippen LogP) is -8.09. The van der Waals surface area contributed by atoms with Gasteiger partial charge in [-0.1, -0.05) is 0 Å². The molecule has 0 aliphatic heterocycles. The summed E-state index contributed by atoms with van der Waals surface area (Å²) in [6.45, 7) is 0. The number of hydrogen-bond donors (Lipinski definition) is 21. The number of phosphoric acid groups is 6. The molecule has 1 radical (unpaired) electrons. The van der Waals surface area contributed by atoms with Crippen molar-refractivity contribution in [3.05, 3.63) is 0 Å². The molecule has 419 valence electrons. The molecule has 0 aromatic rings. The molecule has 0 fully saturated rings. The molecule has 1 atom stereocenters. The van der Waals surface area contributed by atoms with Gasteiger partial charge >= 0.3 is 102 Å². The van der Waals surface area contributed by atoms with E-state index >= 15 is 0 Å². The number of carbonyl (C=O) groups is 9. The van der Waals surface area contributed by atoms with Crippen molar-refractivity contribution in [2.75, 3.05) is 0 Å². The van der Waals surface area contributed by atoms with Crippen LogP contribution < -0.4 is 14.7 Å². The molecule has 70 heavy (non-hydrogen) atoms. The molecule has 42 nitrogen and oxygen atoms in total. The minimum atomic E-state index is -5.61. The van der Waals surface area contributed by atoms with Crippen molar-refractivity contribution in [3.63, 3.8) is 0 Å². The molecule has 0 rings (SSSR count). The van der Waals surface area contributed by atoms with Crippen molar-refractivity contribution >= 4 is 101 Å². The van der Waals surface area contributed by atoms with Gasteiger partial charge in [0.15, 0.2) is 16.8 Å². The van der Waals surface area contributed by atoms with Crippen LogP contribution in [0.5, 0.6) is 0 Å². The Labute approximate surface area is 426 Å². The first-order valence-corrected chi connectivity index (χ1v) is 23.1. The quantitative estimate of drug-likeness (QED) is 0.0375. The zero-order valence-electron chi connectivity index (χ0n) is 32.3. The largest absolute Gasteiger partial charge is 3.00 e. The van der Waals surface area contributed by atoms with E-state index in [2.05, 4.69) is 12.9 Å². The molecular weight excluding hydrogens is 1300 g/mol. The van der Waals surface area contributed by atoms with Gasteiger partial charge in [0.1, 0.15) is 0 Å². The molecule has 0 amide bonds. The Morgan fingerprint density at radius 3 is 0.500 bits per heavy atom.